The lowest BCUT2D eigenvalue weighted by atomic mass is 10.1. The second kappa shape index (κ2) is 6.85. The van der Waals surface area contributed by atoms with Crippen molar-refractivity contribution in [3.8, 4) is 5.75 Å². The maximum absolute atomic E-state index is 12.6. The SMILES string of the molecule is CC1Cc2cc(S(=O)(=O)NCc3ccccc3CC(=O)O)ccc2O1. The fourth-order valence-corrected chi connectivity index (χ4v) is 3.94. The predicted molar refractivity (Wildman–Crippen MR) is 92.0 cm³/mol. The summed E-state index contributed by atoms with van der Waals surface area (Å²) in [5.74, 6) is -0.235. The molecule has 0 saturated heterocycles. The van der Waals surface area contributed by atoms with E-state index in [9.17, 15) is 13.2 Å². The highest BCUT2D eigenvalue weighted by atomic mass is 32.2. The van der Waals surface area contributed by atoms with Gasteiger partial charge in [-0.25, -0.2) is 13.1 Å². The highest BCUT2D eigenvalue weighted by Gasteiger charge is 2.22. The maximum atomic E-state index is 12.6. The van der Waals surface area contributed by atoms with Crippen LogP contribution in [0.1, 0.15) is 23.6 Å². The van der Waals surface area contributed by atoms with E-state index >= 15 is 0 Å². The first-order chi connectivity index (χ1) is 11.8. The molecular weight excluding hydrogens is 342 g/mol. The molecule has 0 bridgehead atoms. The summed E-state index contributed by atoms with van der Waals surface area (Å²) in [5.41, 5.74) is 2.11. The van der Waals surface area contributed by atoms with Gasteiger partial charge in [-0.3, -0.25) is 4.79 Å². The van der Waals surface area contributed by atoms with Crippen LogP contribution < -0.4 is 9.46 Å². The molecule has 1 aliphatic heterocycles. The highest BCUT2D eigenvalue weighted by molar-refractivity contribution is 7.89. The fourth-order valence-electron chi connectivity index (χ4n) is 2.89. The third kappa shape index (κ3) is 4.00. The van der Waals surface area contributed by atoms with Gasteiger partial charge in [0.25, 0.3) is 0 Å². The number of sulfonamides is 1. The average molecular weight is 361 g/mol. The van der Waals surface area contributed by atoms with Gasteiger partial charge in [-0.1, -0.05) is 24.3 Å². The third-order valence-corrected chi connectivity index (χ3v) is 5.49. The summed E-state index contributed by atoms with van der Waals surface area (Å²) in [6.45, 7) is 1.97. The van der Waals surface area contributed by atoms with Gasteiger partial charge in [0.1, 0.15) is 11.9 Å². The van der Waals surface area contributed by atoms with E-state index in [1.54, 1.807) is 36.4 Å². The molecule has 0 spiro atoms. The number of carboxylic acid groups (broad SMARTS) is 1. The standard InChI is InChI=1S/C18H19NO5S/c1-12-8-15-9-16(6-7-17(15)24-12)25(22,23)19-11-14-5-3-2-4-13(14)10-18(20)21/h2-7,9,12,19H,8,10-11H2,1H3,(H,20,21). The Balaban J connectivity index is 1.77. The molecule has 6 nitrogen and oxygen atoms in total. The van der Waals surface area contributed by atoms with Crippen LogP contribution in [0.2, 0.25) is 0 Å². The Morgan fingerprint density at radius 1 is 1.24 bits per heavy atom. The van der Waals surface area contributed by atoms with Crippen LogP contribution in [0.5, 0.6) is 5.75 Å². The van der Waals surface area contributed by atoms with Gasteiger partial charge >= 0.3 is 5.97 Å². The monoisotopic (exact) mass is 361 g/mol. The van der Waals surface area contributed by atoms with Gasteiger partial charge in [0.2, 0.25) is 10.0 Å². The first-order valence-electron chi connectivity index (χ1n) is 7.93. The Kier molecular flexibility index (Phi) is 4.78. The number of aliphatic carboxylic acids is 1. The summed E-state index contributed by atoms with van der Waals surface area (Å²) >= 11 is 0. The number of benzene rings is 2. The number of rotatable bonds is 6. The molecule has 0 saturated carbocycles. The van der Waals surface area contributed by atoms with Crippen molar-refractivity contribution in [1.82, 2.24) is 4.72 Å². The van der Waals surface area contributed by atoms with E-state index in [-0.39, 0.29) is 24.0 Å². The van der Waals surface area contributed by atoms with Crippen molar-refractivity contribution < 1.29 is 23.1 Å². The Bertz CT molecular complexity index is 907. The number of hydrogen-bond acceptors (Lipinski definition) is 4. The summed E-state index contributed by atoms with van der Waals surface area (Å²) in [6, 6.07) is 11.7. The molecule has 0 amide bonds. The molecule has 7 heteroatoms. The Morgan fingerprint density at radius 2 is 1.96 bits per heavy atom. The van der Waals surface area contributed by atoms with Gasteiger partial charge in [-0.05, 0) is 41.8 Å². The van der Waals surface area contributed by atoms with E-state index in [2.05, 4.69) is 4.72 Å². The number of hydrogen-bond donors (Lipinski definition) is 2. The minimum atomic E-state index is -3.70. The molecule has 0 fully saturated rings. The maximum Gasteiger partial charge on any atom is 0.307 e. The van der Waals surface area contributed by atoms with Gasteiger partial charge in [0, 0.05) is 13.0 Å². The quantitative estimate of drug-likeness (QED) is 0.822. The van der Waals surface area contributed by atoms with Crippen LogP contribution in [0.3, 0.4) is 0 Å². The molecule has 1 aliphatic rings. The number of ether oxygens (including phenoxy) is 1. The molecule has 0 aromatic heterocycles. The fraction of sp³-hybridized carbons (Fsp3) is 0.278. The molecular formula is C18H19NO5S. The van der Waals surface area contributed by atoms with Gasteiger partial charge in [-0.2, -0.15) is 0 Å². The zero-order chi connectivity index (χ0) is 18.0. The van der Waals surface area contributed by atoms with Gasteiger partial charge in [0.05, 0.1) is 11.3 Å². The molecule has 1 atom stereocenters. The predicted octanol–water partition coefficient (Wildman–Crippen LogP) is 2.12. The van der Waals surface area contributed by atoms with Crippen LogP contribution >= 0.6 is 0 Å². The van der Waals surface area contributed by atoms with Crippen molar-refractivity contribution in [2.45, 2.75) is 37.3 Å². The van der Waals surface area contributed by atoms with Crippen LogP contribution in [0.15, 0.2) is 47.4 Å². The summed E-state index contributed by atoms with van der Waals surface area (Å²) in [5, 5.41) is 8.96. The van der Waals surface area contributed by atoms with Crippen molar-refractivity contribution in [3.63, 3.8) is 0 Å². The summed E-state index contributed by atoms with van der Waals surface area (Å²) in [6.07, 6.45) is 0.579. The molecule has 2 aromatic rings. The van der Waals surface area contributed by atoms with Crippen LogP contribution in [0.25, 0.3) is 0 Å². The normalized spacial score (nSPS) is 16.3. The van der Waals surface area contributed by atoms with Crippen LogP contribution in [-0.2, 0) is 34.2 Å². The molecule has 0 radical (unpaired) electrons. The summed E-state index contributed by atoms with van der Waals surface area (Å²) in [7, 11) is -3.70. The number of fused-ring (bicyclic) bond motifs is 1. The first kappa shape index (κ1) is 17.4. The largest absolute Gasteiger partial charge is 0.490 e. The molecule has 2 N–H and O–H groups in total. The van der Waals surface area contributed by atoms with E-state index in [1.165, 1.54) is 6.07 Å². The van der Waals surface area contributed by atoms with Gasteiger partial charge < -0.3 is 9.84 Å². The van der Waals surface area contributed by atoms with E-state index in [0.29, 0.717) is 17.5 Å². The van der Waals surface area contributed by atoms with Gasteiger partial charge in [0.15, 0.2) is 0 Å². The molecule has 1 heterocycles. The minimum absolute atomic E-state index is 0.0375. The molecule has 132 valence electrons. The first-order valence-corrected chi connectivity index (χ1v) is 9.41. The number of nitrogens with one attached hydrogen (secondary N) is 1. The van der Waals surface area contributed by atoms with Crippen LogP contribution in [-0.4, -0.2) is 25.6 Å². The Labute approximate surface area is 146 Å². The van der Waals surface area contributed by atoms with E-state index in [4.69, 9.17) is 9.84 Å². The van der Waals surface area contributed by atoms with Gasteiger partial charge in [-0.15, -0.1) is 0 Å². The molecule has 2 aromatic carbocycles. The van der Waals surface area contributed by atoms with Crippen molar-refractivity contribution in [1.29, 1.82) is 0 Å². The van der Waals surface area contributed by atoms with Crippen molar-refractivity contribution >= 4 is 16.0 Å². The Hall–Kier alpha value is -2.38. The highest BCUT2D eigenvalue weighted by Crippen LogP contribution is 2.30. The van der Waals surface area contributed by atoms with Crippen molar-refractivity contribution in [2.75, 3.05) is 0 Å². The molecule has 0 aliphatic carbocycles. The number of carbonyl (C=O) groups is 1. The topological polar surface area (TPSA) is 92.7 Å². The van der Waals surface area contributed by atoms with Crippen LogP contribution in [0, 0.1) is 0 Å². The average Bonchev–Trinajstić information content (AvgIpc) is 2.92. The van der Waals surface area contributed by atoms with Crippen molar-refractivity contribution in [2.24, 2.45) is 0 Å². The minimum Gasteiger partial charge on any atom is -0.490 e. The third-order valence-electron chi connectivity index (χ3n) is 4.09. The lowest BCUT2D eigenvalue weighted by Crippen LogP contribution is -2.24. The summed E-state index contributed by atoms with van der Waals surface area (Å²) < 4.78 is 33.2. The lowest BCUT2D eigenvalue weighted by molar-refractivity contribution is -0.136. The molecule has 1 unspecified atom stereocenters. The van der Waals surface area contributed by atoms with E-state index < -0.39 is 16.0 Å². The van der Waals surface area contributed by atoms with Crippen LogP contribution in [0.4, 0.5) is 0 Å². The summed E-state index contributed by atoms with van der Waals surface area (Å²) in [4.78, 5) is 11.1. The number of carboxylic acids is 1. The zero-order valence-electron chi connectivity index (χ0n) is 13.7. The molecule has 3 rings (SSSR count). The van der Waals surface area contributed by atoms with E-state index in [0.717, 1.165) is 11.3 Å². The van der Waals surface area contributed by atoms with E-state index in [1.807, 2.05) is 6.92 Å². The Morgan fingerprint density at radius 3 is 2.68 bits per heavy atom. The smallest absolute Gasteiger partial charge is 0.307 e. The second-order valence-electron chi connectivity index (χ2n) is 6.07. The lowest BCUT2D eigenvalue weighted by Gasteiger charge is -2.11. The zero-order valence-corrected chi connectivity index (χ0v) is 14.5. The molecule has 25 heavy (non-hydrogen) atoms. The second-order valence-corrected chi connectivity index (χ2v) is 7.83. The van der Waals surface area contributed by atoms with Crippen molar-refractivity contribution in [3.05, 3.63) is 59.2 Å².